The van der Waals surface area contributed by atoms with Gasteiger partial charge in [0.15, 0.2) is 11.0 Å². The normalized spacial score (nSPS) is 11.4. The van der Waals surface area contributed by atoms with E-state index in [-0.39, 0.29) is 17.1 Å². The maximum atomic E-state index is 12.6. The summed E-state index contributed by atoms with van der Waals surface area (Å²) in [5.74, 6) is 0.918. The van der Waals surface area contributed by atoms with Crippen molar-refractivity contribution in [3.63, 3.8) is 0 Å². The first kappa shape index (κ1) is 23.8. The third-order valence-corrected chi connectivity index (χ3v) is 6.60. The lowest BCUT2D eigenvalue weighted by Crippen LogP contribution is -2.14. The van der Waals surface area contributed by atoms with Crippen LogP contribution in [0.2, 0.25) is 0 Å². The van der Waals surface area contributed by atoms with Crippen molar-refractivity contribution in [1.29, 1.82) is 0 Å². The molecule has 6 heteroatoms. The van der Waals surface area contributed by atoms with Gasteiger partial charge in [0.25, 0.3) is 0 Å². The monoisotopic (exact) mass is 470 g/mol. The van der Waals surface area contributed by atoms with E-state index in [1.807, 2.05) is 47.9 Å². The molecule has 4 rings (SSSR count). The van der Waals surface area contributed by atoms with E-state index in [2.05, 4.69) is 79.6 Å². The standard InChI is InChI=1S/C28H30N4OS/c1-19-10-16-23(17-11-19)29-25(33)18-34-27-31-30-26(32(27)24-9-7-6-8-20(24)2)21-12-14-22(15-13-21)28(3,4)5/h6-17H,18H2,1-5H3,(H,29,33). The Bertz CT molecular complexity index is 1290. The van der Waals surface area contributed by atoms with E-state index in [9.17, 15) is 4.79 Å². The van der Waals surface area contributed by atoms with Gasteiger partial charge in [-0.1, -0.05) is 92.7 Å². The molecule has 0 spiro atoms. The van der Waals surface area contributed by atoms with Gasteiger partial charge in [0.05, 0.1) is 11.4 Å². The molecule has 1 aromatic heterocycles. The van der Waals surface area contributed by atoms with Crippen molar-refractivity contribution in [2.45, 2.75) is 45.2 Å². The number of rotatable bonds is 6. The maximum Gasteiger partial charge on any atom is 0.234 e. The highest BCUT2D eigenvalue weighted by atomic mass is 32.2. The van der Waals surface area contributed by atoms with E-state index >= 15 is 0 Å². The smallest absolute Gasteiger partial charge is 0.234 e. The second kappa shape index (κ2) is 9.85. The van der Waals surface area contributed by atoms with Gasteiger partial charge >= 0.3 is 0 Å². The Hall–Kier alpha value is -3.38. The van der Waals surface area contributed by atoms with E-state index in [4.69, 9.17) is 0 Å². The molecular formula is C28H30N4OS. The number of aromatic nitrogens is 3. The molecule has 5 nitrogen and oxygen atoms in total. The minimum Gasteiger partial charge on any atom is -0.325 e. The Morgan fingerprint density at radius 1 is 0.912 bits per heavy atom. The van der Waals surface area contributed by atoms with E-state index in [0.29, 0.717) is 5.16 Å². The van der Waals surface area contributed by atoms with Crippen LogP contribution in [0.4, 0.5) is 5.69 Å². The lowest BCUT2D eigenvalue weighted by molar-refractivity contribution is -0.113. The highest BCUT2D eigenvalue weighted by molar-refractivity contribution is 7.99. The first-order chi connectivity index (χ1) is 16.2. The Balaban J connectivity index is 1.63. The quantitative estimate of drug-likeness (QED) is 0.323. The summed E-state index contributed by atoms with van der Waals surface area (Å²) in [5, 5.41) is 12.6. The van der Waals surface area contributed by atoms with Gasteiger partial charge in [-0.25, -0.2) is 0 Å². The van der Waals surface area contributed by atoms with Crippen LogP contribution in [-0.2, 0) is 10.2 Å². The number of anilines is 1. The fourth-order valence-corrected chi connectivity index (χ4v) is 4.41. The van der Waals surface area contributed by atoms with Crippen LogP contribution in [0.15, 0.2) is 78.0 Å². The molecule has 3 aromatic carbocycles. The van der Waals surface area contributed by atoms with Gasteiger partial charge in [-0.05, 0) is 48.6 Å². The minimum absolute atomic E-state index is 0.0774. The van der Waals surface area contributed by atoms with Crippen LogP contribution in [0, 0.1) is 13.8 Å². The number of nitrogens with zero attached hydrogens (tertiary/aromatic N) is 3. The third kappa shape index (κ3) is 5.39. The predicted octanol–water partition coefficient (Wildman–Crippen LogP) is 6.58. The molecule has 0 aliphatic heterocycles. The highest BCUT2D eigenvalue weighted by Gasteiger charge is 2.20. The minimum atomic E-state index is -0.0794. The van der Waals surface area contributed by atoms with Crippen LogP contribution < -0.4 is 5.32 Å². The van der Waals surface area contributed by atoms with Crippen LogP contribution >= 0.6 is 11.8 Å². The number of aryl methyl sites for hydroxylation is 2. The molecule has 0 unspecified atom stereocenters. The molecule has 0 aliphatic rings. The van der Waals surface area contributed by atoms with Gasteiger partial charge < -0.3 is 5.32 Å². The second-order valence-electron chi connectivity index (χ2n) is 9.46. The average Bonchev–Trinajstić information content (AvgIpc) is 3.23. The first-order valence-corrected chi connectivity index (χ1v) is 12.3. The highest BCUT2D eigenvalue weighted by Crippen LogP contribution is 2.31. The fourth-order valence-electron chi connectivity index (χ4n) is 3.67. The number of carbonyl (C=O) groups excluding carboxylic acids is 1. The van der Waals surface area contributed by atoms with Crippen LogP contribution in [0.3, 0.4) is 0 Å². The summed E-state index contributed by atoms with van der Waals surface area (Å²) >= 11 is 1.38. The number of thioether (sulfide) groups is 1. The van der Waals surface area contributed by atoms with Gasteiger partial charge in [0.1, 0.15) is 0 Å². The van der Waals surface area contributed by atoms with Crippen molar-refractivity contribution < 1.29 is 4.79 Å². The first-order valence-electron chi connectivity index (χ1n) is 11.3. The molecule has 34 heavy (non-hydrogen) atoms. The second-order valence-corrected chi connectivity index (χ2v) is 10.4. The van der Waals surface area contributed by atoms with Gasteiger partial charge in [0, 0.05) is 11.3 Å². The van der Waals surface area contributed by atoms with Crippen molar-refractivity contribution in [3.05, 3.63) is 89.5 Å². The van der Waals surface area contributed by atoms with Gasteiger partial charge in [-0.15, -0.1) is 10.2 Å². The van der Waals surface area contributed by atoms with Crippen LogP contribution in [0.5, 0.6) is 0 Å². The van der Waals surface area contributed by atoms with Crippen LogP contribution in [-0.4, -0.2) is 26.4 Å². The summed E-state index contributed by atoms with van der Waals surface area (Å²) in [7, 11) is 0. The van der Waals surface area contributed by atoms with Crippen LogP contribution in [0.1, 0.15) is 37.5 Å². The SMILES string of the molecule is Cc1ccc(NC(=O)CSc2nnc(-c3ccc(C(C)(C)C)cc3)n2-c2ccccc2C)cc1. The fraction of sp³-hybridized carbons (Fsp3) is 0.250. The number of hydrogen-bond acceptors (Lipinski definition) is 4. The summed E-state index contributed by atoms with van der Waals surface area (Å²) < 4.78 is 2.05. The zero-order valence-corrected chi connectivity index (χ0v) is 21.1. The Kier molecular flexibility index (Phi) is 6.89. The van der Waals surface area contributed by atoms with Crippen molar-refractivity contribution >= 4 is 23.4 Å². The molecule has 1 amide bonds. The molecule has 0 saturated carbocycles. The molecule has 174 valence electrons. The van der Waals surface area contributed by atoms with Gasteiger partial charge in [-0.3, -0.25) is 9.36 Å². The van der Waals surface area contributed by atoms with E-state index in [1.165, 1.54) is 17.3 Å². The van der Waals surface area contributed by atoms with Gasteiger partial charge in [-0.2, -0.15) is 0 Å². The zero-order valence-electron chi connectivity index (χ0n) is 20.3. The molecule has 1 heterocycles. The largest absolute Gasteiger partial charge is 0.325 e. The zero-order chi connectivity index (χ0) is 24.3. The van der Waals surface area contributed by atoms with E-state index in [1.54, 1.807) is 0 Å². The molecule has 0 radical (unpaired) electrons. The topological polar surface area (TPSA) is 59.8 Å². The Morgan fingerprint density at radius 2 is 1.59 bits per heavy atom. The van der Waals surface area contributed by atoms with Gasteiger partial charge in [0.2, 0.25) is 5.91 Å². The predicted molar refractivity (Wildman–Crippen MR) is 141 cm³/mol. The number of nitrogens with one attached hydrogen (secondary N) is 1. The summed E-state index contributed by atoms with van der Waals surface area (Å²) in [6.07, 6.45) is 0. The van der Waals surface area contributed by atoms with Crippen molar-refractivity contribution in [2.75, 3.05) is 11.1 Å². The number of carbonyl (C=O) groups is 1. The molecule has 0 bridgehead atoms. The molecule has 4 aromatic rings. The van der Waals surface area contributed by atoms with E-state index < -0.39 is 0 Å². The number of benzene rings is 3. The summed E-state index contributed by atoms with van der Waals surface area (Å²) in [6.45, 7) is 10.7. The van der Waals surface area contributed by atoms with E-state index in [0.717, 1.165) is 33.9 Å². The average molecular weight is 471 g/mol. The molecule has 0 saturated heterocycles. The lowest BCUT2D eigenvalue weighted by atomic mass is 9.87. The number of amides is 1. The van der Waals surface area contributed by atoms with Crippen LogP contribution in [0.25, 0.3) is 17.1 Å². The number of para-hydroxylation sites is 1. The van der Waals surface area contributed by atoms with Crippen molar-refractivity contribution in [3.8, 4) is 17.1 Å². The number of hydrogen-bond donors (Lipinski definition) is 1. The Morgan fingerprint density at radius 3 is 2.24 bits per heavy atom. The third-order valence-electron chi connectivity index (χ3n) is 5.67. The maximum absolute atomic E-state index is 12.6. The lowest BCUT2D eigenvalue weighted by Gasteiger charge is -2.19. The molecule has 1 N–H and O–H groups in total. The molecular weight excluding hydrogens is 440 g/mol. The Labute approximate surface area is 205 Å². The molecule has 0 fully saturated rings. The summed E-state index contributed by atoms with van der Waals surface area (Å²) in [5.41, 5.74) is 6.39. The molecule has 0 atom stereocenters. The van der Waals surface area contributed by atoms with Crippen molar-refractivity contribution in [1.82, 2.24) is 14.8 Å². The molecule has 0 aliphatic carbocycles. The summed E-state index contributed by atoms with van der Waals surface area (Å²) in [6, 6.07) is 24.4. The van der Waals surface area contributed by atoms with Crippen molar-refractivity contribution in [2.24, 2.45) is 0 Å². The summed E-state index contributed by atoms with van der Waals surface area (Å²) in [4.78, 5) is 12.6.